The fourth-order valence-corrected chi connectivity index (χ4v) is 8.11. The molecule has 1 aliphatic carbocycles. The van der Waals surface area contributed by atoms with E-state index in [1.807, 2.05) is 32.0 Å². The van der Waals surface area contributed by atoms with Gasteiger partial charge in [0.1, 0.15) is 5.75 Å². The molecule has 6 rings (SSSR count). The molecule has 3 saturated heterocycles. The maximum Gasteiger partial charge on any atom is 0.233 e. The van der Waals surface area contributed by atoms with Gasteiger partial charge in [0.15, 0.2) is 5.79 Å². The fourth-order valence-electron chi connectivity index (χ4n) is 8.11. The summed E-state index contributed by atoms with van der Waals surface area (Å²) >= 11 is 0. The Kier molecular flexibility index (Phi) is 7.04. The van der Waals surface area contributed by atoms with Crippen LogP contribution in [0.5, 0.6) is 5.75 Å². The number of fused-ring (bicyclic) bond motifs is 3. The molecule has 0 radical (unpaired) electrons. The Labute approximate surface area is 237 Å². The molecule has 2 aromatic carbocycles. The molecule has 40 heavy (non-hydrogen) atoms. The minimum Gasteiger partial charge on any atom is -0.507 e. The molecule has 3 aliphatic heterocycles. The Bertz CT molecular complexity index is 1260. The highest BCUT2D eigenvalue weighted by molar-refractivity contribution is 6.06. The number of carbonyl (C=O) groups excluding carboxylic acids is 2. The van der Waals surface area contributed by atoms with Gasteiger partial charge in [-0.3, -0.25) is 19.4 Å². The van der Waals surface area contributed by atoms with Crippen LogP contribution in [-0.2, 0) is 20.9 Å². The van der Waals surface area contributed by atoms with E-state index >= 15 is 0 Å². The van der Waals surface area contributed by atoms with Crippen molar-refractivity contribution in [3.63, 3.8) is 0 Å². The van der Waals surface area contributed by atoms with Crippen LogP contribution in [0.4, 0.5) is 0 Å². The lowest BCUT2D eigenvalue weighted by molar-refractivity contribution is -0.276. The van der Waals surface area contributed by atoms with Gasteiger partial charge in [-0.2, -0.15) is 0 Å². The van der Waals surface area contributed by atoms with Crippen molar-refractivity contribution >= 4 is 11.8 Å². The number of likely N-dealkylation sites (tertiary alicyclic amines) is 2. The summed E-state index contributed by atoms with van der Waals surface area (Å²) in [4.78, 5) is 32.0. The van der Waals surface area contributed by atoms with Crippen LogP contribution < -0.4 is 0 Å². The Morgan fingerprint density at radius 3 is 2.27 bits per heavy atom. The van der Waals surface area contributed by atoms with Gasteiger partial charge in [0.05, 0.1) is 17.9 Å². The molecule has 1 saturated carbocycles. The van der Waals surface area contributed by atoms with Crippen molar-refractivity contribution in [2.75, 3.05) is 13.1 Å². The average Bonchev–Trinajstić information content (AvgIpc) is 3.41. The summed E-state index contributed by atoms with van der Waals surface area (Å²) in [5.41, 5.74) is 3.69. The van der Waals surface area contributed by atoms with Gasteiger partial charge in [-0.1, -0.05) is 44.2 Å². The van der Waals surface area contributed by atoms with Gasteiger partial charge in [0.25, 0.3) is 0 Å². The Morgan fingerprint density at radius 2 is 1.65 bits per heavy atom. The number of aliphatic hydroxyl groups is 1. The molecule has 7 heteroatoms. The number of benzene rings is 2. The van der Waals surface area contributed by atoms with Crippen molar-refractivity contribution < 1.29 is 24.5 Å². The summed E-state index contributed by atoms with van der Waals surface area (Å²) in [6, 6.07) is 14.1. The monoisotopic (exact) mass is 546 g/mol. The number of amides is 2. The number of phenols is 1. The normalized spacial score (nSPS) is 33.0. The standard InChI is InChI=1S/C33H42N2O5/c1-19(2)26-16-25-29(27-17-28(40-33(26,27)39)23-14-20(3)30(36)21(4)15-23)32(38)35(31(25)37)24-10-12-34(13-11-24)18-22-8-6-5-7-9-22/h5-9,14-15,19,24-29,36,39H,10-13,16-18H2,1-4H3/t25-,26+,27-,28-,29-,33+/m0/s1. The highest BCUT2D eigenvalue weighted by Gasteiger charge is 2.67. The van der Waals surface area contributed by atoms with Gasteiger partial charge in [0.2, 0.25) is 11.8 Å². The third-order valence-electron chi connectivity index (χ3n) is 10.2. The molecule has 0 bridgehead atoms. The van der Waals surface area contributed by atoms with E-state index < -0.39 is 29.6 Å². The predicted molar refractivity (Wildman–Crippen MR) is 151 cm³/mol. The zero-order chi connectivity index (χ0) is 28.3. The van der Waals surface area contributed by atoms with Crippen LogP contribution in [0, 0.1) is 43.4 Å². The summed E-state index contributed by atoms with van der Waals surface area (Å²) in [6.07, 6.45) is 2.09. The molecule has 4 fully saturated rings. The molecule has 2 N–H and O–H groups in total. The van der Waals surface area contributed by atoms with E-state index in [1.54, 1.807) is 4.90 Å². The first-order valence-electron chi connectivity index (χ1n) is 14.9. The number of nitrogens with zero attached hydrogens (tertiary/aromatic N) is 2. The van der Waals surface area contributed by atoms with Gasteiger partial charge in [0, 0.05) is 37.5 Å². The maximum atomic E-state index is 14.1. The number of ether oxygens (including phenoxy) is 1. The molecular weight excluding hydrogens is 504 g/mol. The van der Waals surface area contributed by atoms with Crippen LogP contribution in [0.1, 0.15) is 67.9 Å². The maximum absolute atomic E-state index is 14.1. The number of piperidine rings is 1. The minimum atomic E-state index is -1.47. The van der Waals surface area contributed by atoms with Gasteiger partial charge in [-0.15, -0.1) is 0 Å². The first kappa shape index (κ1) is 27.4. The topological polar surface area (TPSA) is 90.3 Å². The zero-order valence-corrected chi connectivity index (χ0v) is 24.0. The van der Waals surface area contributed by atoms with Crippen molar-refractivity contribution in [1.82, 2.24) is 9.80 Å². The van der Waals surface area contributed by atoms with Crippen molar-refractivity contribution in [1.29, 1.82) is 0 Å². The van der Waals surface area contributed by atoms with E-state index in [-0.39, 0.29) is 35.4 Å². The number of rotatable bonds is 5. The fraction of sp³-hybridized carbons (Fsp3) is 0.576. The Hall–Kier alpha value is -2.74. The summed E-state index contributed by atoms with van der Waals surface area (Å²) in [7, 11) is 0. The van der Waals surface area contributed by atoms with Crippen molar-refractivity contribution in [2.45, 2.75) is 77.9 Å². The van der Waals surface area contributed by atoms with Gasteiger partial charge >= 0.3 is 0 Å². The third kappa shape index (κ3) is 4.47. The molecule has 0 unspecified atom stereocenters. The largest absolute Gasteiger partial charge is 0.507 e. The van der Waals surface area contributed by atoms with Gasteiger partial charge in [-0.05, 0) is 79.8 Å². The quantitative estimate of drug-likeness (QED) is 0.528. The number of phenolic OH excluding ortho intramolecular Hbond substituents is 1. The van der Waals surface area contributed by atoms with Crippen molar-refractivity contribution in [3.8, 4) is 5.75 Å². The zero-order valence-electron chi connectivity index (χ0n) is 24.0. The highest BCUT2D eigenvalue weighted by atomic mass is 16.6. The lowest BCUT2D eigenvalue weighted by atomic mass is 9.62. The first-order valence-corrected chi connectivity index (χ1v) is 14.9. The minimum absolute atomic E-state index is 0.0519. The van der Waals surface area contributed by atoms with Crippen LogP contribution in [0.25, 0.3) is 0 Å². The molecule has 2 amide bonds. The lowest BCUT2D eigenvalue weighted by Gasteiger charge is -2.46. The summed E-state index contributed by atoms with van der Waals surface area (Å²) in [5.74, 6) is -2.94. The van der Waals surface area contributed by atoms with E-state index in [2.05, 4.69) is 43.0 Å². The van der Waals surface area contributed by atoms with Crippen LogP contribution in [0.15, 0.2) is 42.5 Å². The number of hydrogen-bond donors (Lipinski definition) is 2. The van der Waals surface area contributed by atoms with Gasteiger partial charge < -0.3 is 14.9 Å². The Balaban J connectivity index is 1.23. The smallest absolute Gasteiger partial charge is 0.233 e. The molecule has 214 valence electrons. The highest BCUT2D eigenvalue weighted by Crippen LogP contribution is 2.60. The molecule has 6 atom stereocenters. The molecular formula is C33H42N2O5. The molecule has 0 spiro atoms. The SMILES string of the molecule is Cc1cc([C@@H]2C[C@H]3[C@H]4C(=O)N(C5CCN(Cc6ccccc6)CC5)C(=O)[C@H]4C[C@H](C(C)C)[C@@]3(O)O2)cc(C)c1O. The molecule has 0 aromatic heterocycles. The molecule has 4 aliphatic rings. The number of aryl methyl sites for hydroxylation is 2. The average molecular weight is 547 g/mol. The molecule has 2 aromatic rings. The third-order valence-corrected chi connectivity index (χ3v) is 10.2. The van der Waals surface area contributed by atoms with Crippen LogP contribution in [0.3, 0.4) is 0 Å². The summed E-state index contributed by atoms with van der Waals surface area (Å²) in [6.45, 7) is 10.4. The number of imide groups is 1. The van der Waals surface area contributed by atoms with Crippen molar-refractivity contribution in [3.05, 3.63) is 64.7 Å². The number of hydrogen-bond acceptors (Lipinski definition) is 6. The second-order valence-electron chi connectivity index (χ2n) is 13.0. The number of carbonyl (C=O) groups is 2. The second-order valence-corrected chi connectivity index (χ2v) is 13.0. The van der Waals surface area contributed by atoms with Crippen LogP contribution in [-0.4, -0.2) is 56.7 Å². The summed E-state index contributed by atoms with van der Waals surface area (Å²) < 4.78 is 6.49. The number of aromatic hydroxyl groups is 1. The lowest BCUT2D eigenvalue weighted by Crippen LogP contribution is -2.55. The van der Waals surface area contributed by atoms with E-state index in [4.69, 9.17) is 4.74 Å². The van der Waals surface area contributed by atoms with E-state index in [0.29, 0.717) is 12.8 Å². The van der Waals surface area contributed by atoms with Gasteiger partial charge in [-0.25, -0.2) is 0 Å². The first-order chi connectivity index (χ1) is 19.1. The van der Waals surface area contributed by atoms with E-state index in [1.165, 1.54) is 5.56 Å². The molecule has 7 nitrogen and oxygen atoms in total. The molecule has 3 heterocycles. The predicted octanol–water partition coefficient (Wildman–Crippen LogP) is 4.72. The van der Waals surface area contributed by atoms with E-state index in [9.17, 15) is 19.8 Å². The van der Waals surface area contributed by atoms with E-state index in [0.717, 1.165) is 49.2 Å². The van der Waals surface area contributed by atoms with Crippen LogP contribution >= 0.6 is 0 Å². The Morgan fingerprint density at radius 1 is 1.00 bits per heavy atom. The second kappa shape index (κ2) is 10.3. The van der Waals surface area contributed by atoms with Crippen molar-refractivity contribution in [2.24, 2.45) is 29.6 Å². The van der Waals surface area contributed by atoms with Crippen LogP contribution in [0.2, 0.25) is 0 Å². The summed E-state index contributed by atoms with van der Waals surface area (Å²) in [5, 5.41) is 22.4.